The molecule has 1 amide bonds. The smallest absolute Gasteiger partial charge is 0.342 e. The molecule has 4 N–H and O–H groups in total. The number of hydrogen-bond donors (Lipinski definition) is 4. The Morgan fingerprint density at radius 1 is 1.26 bits per heavy atom. The molecular weight excluding hydrogens is 306 g/mol. The molecule has 2 rings (SSSR count). The van der Waals surface area contributed by atoms with E-state index in [2.05, 4.69) is 15.6 Å². The largest absolute Gasteiger partial charge is 0.478 e. The summed E-state index contributed by atoms with van der Waals surface area (Å²) < 4.78 is 0. The number of aromatic carboxylic acids is 1. The number of carbonyl (C=O) groups is 2. The standard InChI is InChI=1S/C13H11N5O5/c19-10(5-9-11(20)15-13(23)18-16-9)17-14-6-7-1-3-8(4-2-7)12(21)22/h1-4,6H,5H2,(H,17,19)(H,21,22)(H2,15,18,20,23)/b14-6+. The molecule has 0 bridgehead atoms. The zero-order valence-electron chi connectivity index (χ0n) is 11.6. The summed E-state index contributed by atoms with van der Waals surface area (Å²) in [7, 11) is 0. The van der Waals surface area contributed by atoms with E-state index in [0.29, 0.717) is 5.56 Å². The van der Waals surface area contributed by atoms with E-state index in [0.717, 1.165) is 0 Å². The minimum absolute atomic E-state index is 0.134. The average molecular weight is 317 g/mol. The van der Waals surface area contributed by atoms with Crippen LogP contribution < -0.4 is 16.7 Å². The number of hydrazone groups is 1. The molecule has 1 aromatic carbocycles. The van der Waals surface area contributed by atoms with Crippen LogP contribution in [0.2, 0.25) is 0 Å². The summed E-state index contributed by atoms with van der Waals surface area (Å²) in [5, 5.41) is 17.9. The van der Waals surface area contributed by atoms with Gasteiger partial charge in [0, 0.05) is 0 Å². The first-order valence-electron chi connectivity index (χ1n) is 6.29. The second-order valence-electron chi connectivity index (χ2n) is 4.35. The molecule has 0 spiro atoms. The highest BCUT2D eigenvalue weighted by Crippen LogP contribution is 2.02. The van der Waals surface area contributed by atoms with Crippen molar-refractivity contribution in [3.05, 3.63) is 61.9 Å². The lowest BCUT2D eigenvalue weighted by molar-refractivity contribution is -0.120. The van der Waals surface area contributed by atoms with Gasteiger partial charge in [0.1, 0.15) is 5.69 Å². The molecule has 0 atom stereocenters. The Hall–Kier alpha value is -3.56. The second-order valence-corrected chi connectivity index (χ2v) is 4.35. The van der Waals surface area contributed by atoms with Crippen LogP contribution in [-0.2, 0) is 11.2 Å². The number of carboxylic acid groups (broad SMARTS) is 1. The molecule has 23 heavy (non-hydrogen) atoms. The molecule has 0 aliphatic carbocycles. The third kappa shape index (κ3) is 4.46. The van der Waals surface area contributed by atoms with Crippen LogP contribution in [0.5, 0.6) is 0 Å². The number of rotatable bonds is 5. The van der Waals surface area contributed by atoms with E-state index in [4.69, 9.17) is 5.11 Å². The number of benzene rings is 1. The molecule has 0 aliphatic heterocycles. The van der Waals surface area contributed by atoms with Crippen molar-refractivity contribution in [2.45, 2.75) is 6.42 Å². The Balaban J connectivity index is 1.94. The predicted octanol–water partition coefficient (Wildman–Crippen LogP) is -1.15. The van der Waals surface area contributed by atoms with Crippen LogP contribution in [0.1, 0.15) is 21.6 Å². The highest BCUT2D eigenvalue weighted by atomic mass is 16.4. The van der Waals surface area contributed by atoms with Crippen molar-refractivity contribution in [3.63, 3.8) is 0 Å². The van der Waals surface area contributed by atoms with Gasteiger partial charge in [0.2, 0.25) is 5.91 Å². The quantitative estimate of drug-likeness (QED) is 0.402. The minimum atomic E-state index is -1.04. The lowest BCUT2D eigenvalue weighted by atomic mass is 10.1. The third-order valence-electron chi connectivity index (χ3n) is 2.67. The number of H-pyrrole nitrogens is 2. The van der Waals surface area contributed by atoms with Crippen molar-refractivity contribution in [2.24, 2.45) is 5.10 Å². The Morgan fingerprint density at radius 3 is 2.57 bits per heavy atom. The molecule has 0 radical (unpaired) electrons. The van der Waals surface area contributed by atoms with Crippen LogP contribution in [-0.4, -0.2) is 38.4 Å². The van der Waals surface area contributed by atoms with Gasteiger partial charge in [0.25, 0.3) is 5.56 Å². The second kappa shape index (κ2) is 6.93. The molecule has 0 fully saturated rings. The third-order valence-corrected chi connectivity index (χ3v) is 2.67. The van der Waals surface area contributed by atoms with E-state index in [9.17, 15) is 19.2 Å². The molecule has 0 saturated carbocycles. The van der Waals surface area contributed by atoms with Gasteiger partial charge >= 0.3 is 11.7 Å². The van der Waals surface area contributed by atoms with Gasteiger partial charge in [-0.1, -0.05) is 12.1 Å². The minimum Gasteiger partial charge on any atom is -0.478 e. The molecule has 10 heteroatoms. The molecule has 1 aromatic heterocycles. The Labute approximate surface area is 127 Å². The number of aromatic nitrogens is 3. The number of amides is 1. The molecule has 10 nitrogen and oxygen atoms in total. The van der Waals surface area contributed by atoms with Crippen LogP contribution in [0.15, 0.2) is 39.0 Å². The van der Waals surface area contributed by atoms with Crippen LogP contribution in [0.3, 0.4) is 0 Å². The highest BCUT2D eigenvalue weighted by molar-refractivity contribution is 5.89. The molecule has 118 valence electrons. The molecular formula is C13H11N5O5. The van der Waals surface area contributed by atoms with Gasteiger partial charge in [-0.15, -0.1) is 0 Å². The molecule has 0 unspecified atom stereocenters. The van der Waals surface area contributed by atoms with Crippen molar-refractivity contribution in [3.8, 4) is 0 Å². The summed E-state index contributed by atoms with van der Waals surface area (Å²) in [6.45, 7) is 0. The van der Waals surface area contributed by atoms with Crippen LogP contribution >= 0.6 is 0 Å². The van der Waals surface area contributed by atoms with Gasteiger partial charge in [-0.2, -0.15) is 10.2 Å². The maximum Gasteiger partial charge on any atom is 0.342 e. The van der Waals surface area contributed by atoms with Crippen molar-refractivity contribution in [2.75, 3.05) is 0 Å². The van der Waals surface area contributed by atoms with Gasteiger partial charge in [-0.05, 0) is 17.7 Å². The van der Waals surface area contributed by atoms with Crippen LogP contribution in [0.4, 0.5) is 0 Å². The molecule has 1 heterocycles. The predicted molar refractivity (Wildman–Crippen MR) is 78.3 cm³/mol. The van der Waals surface area contributed by atoms with Crippen molar-refractivity contribution in [1.29, 1.82) is 0 Å². The van der Waals surface area contributed by atoms with Gasteiger partial charge in [0.05, 0.1) is 18.2 Å². The summed E-state index contributed by atoms with van der Waals surface area (Å²) in [6, 6.07) is 5.84. The number of carboxylic acids is 1. The first-order valence-corrected chi connectivity index (χ1v) is 6.29. The zero-order valence-corrected chi connectivity index (χ0v) is 11.6. The average Bonchev–Trinajstić information content (AvgIpc) is 2.50. The topological polar surface area (TPSA) is 157 Å². The van der Waals surface area contributed by atoms with Crippen molar-refractivity contribution >= 4 is 18.1 Å². The maximum atomic E-state index is 11.6. The van der Waals surface area contributed by atoms with Crippen LogP contribution in [0, 0.1) is 0 Å². The first kappa shape index (κ1) is 15.8. The number of nitrogens with zero attached hydrogens (tertiary/aromatic N) is 2. The highest BCUT2D eigenvalue weighted by Gasteiger charge is 2.08. The van der Waals surface area contributed by atoms with Gasteiger partial charge in [-0.25, -0.2) is 20.1 Å². The first-order chi connectivity index (χ1) is 11.0. The Morgan fingerprint density at radius 2 is 1.96 bits per heavy atom. The lowest BCUT2D eigenvalue weighted by Gasteiger charge is -1.99. The summed E-state index contributed by atoms with van der Waals surface area (Å²) in [5.74, 6) is -1.64. The van der Waals surface area contributed by atoms with Crippen molar-refractivity contribution < 1.29 is 14.7 Å². The molecule has 0 aliphatic rings. The number of hydrogen-bond acceptors (Lipinski definition) is 6. The zero-order chi connectivity index (χ0) is 16.8. The molecule has 0 saturated heterocycles. The SMILES string of the molecule is O=C(Cc1n[nH]c(=O)[nH]c1=O)N/N=C/c1ccc(C(=O)O)cc1. The number of aromatic amines is 2. The van der Waals surface area contributed by atoms with Gasteiger partial charge in [-0.3, -0.25) is 14.6 Å². The monoisotopic (exact) mass is 317 g/mol. The fourth-order valence-corrected chi connectivity index (χ4v) is 1.57. The van der Waals surface area contributed by atoms with E-state index in [1.807, 2.05) is 10.1 Å². The lowest BCUT2D eigenvalue weighted by Crippen LogP contribution is -2.31. The summed E-state index contributed by atoms with van der Waals surface area (Å²) in [4.78, 5) is 46.4. The summed E-state index contributed by atoms with van der Waals surface area (Å²) in [6.07, 6.45) is 0.954. The van der Waals surface area contributed by atoms with E-state index in [1.54, 1.807) is 0 Å². The Kier molecular flexibility index (Phi) is 4.77. The van der Waals surface area contributed by atoms with E-state index >= 15 is 0 Å². The van der Waals surface area contributed by atoms with E-state index < -0.39 is 23.1 Å². The fraction of sp³-hybridized carbons (Fsp3) is 0.0769. The normalized spacial score (nSPS) is 10.6. The van der Waals surface area contributed by atoms with Gasteiger partial charge < -0.3 is 5.11 Å². The molecule has 2 aromatic rings. The Bertz CT molecular complexity index is 865. The number of nitrogens with one attached hydrogen (secondary N) is 3. The fourth-order valence-electron chi connectivity index (χ4n) is 1.57. The van der Waals surface area contributed by atoms with Gasteiger partial charge in [0.15, 0.2) is 0 Å². The van der Waals surface area contributed by atoms with Crippen molar-refractivity contribution in [1.82, 2.24) is 20.6 Å². The maximum absolute atomic E-state index is 11.6. The van der Waals surface area contributed by atoms with E-state index in [1.165, 1.54) is 30.5 Å². The number of carbonyl (C=O) groups excluding carboxylic acids is 1. The van der Waals surface area contributed by atoms with E-state index in [-0.39, 0.29) is 17.7 Å². The summed E-state index contributed by atoms with van der Waals surface area (Å²) >= 11 is 0. The van der Waals surface area contributed by atoms with Crippen LogP contribution in [0.25, 0.3) is 0 Å². The summed E-state index contributed by atoms with van der Waals surface area (Å²) in [5.41, 5.74) is 1.24.